The quantitative estimate of drug-likeness (QED) is 0.260. The SMILES string of the molecule is CCCCNC(=O)[C@H](C)N(Cc1ccc(Cl)cc1)C(=O)CN(c1ccccc1)S(=O)(=O)c1ccc(OCC)cc1. The van der Waals surface area contributed by atoms with Crippen molar-refractivity contribution in [2.24, 2.45) is 0 Å². The van der Waals surface area contributed by atoms with Crippen LogP contribution in [0.5, 0.6) is 5.75 Å². The van der Waals surface area contributed by atoms with E-state index in [4.69, 9.17) is 16.3 Å². The van der Waals surface area contributed by atoms with Gasteiger partial charge in [0.15, 0.2) is 0 Å². The molecule has 0 heterocycles. The minimum absolute atomic E-state index is 0.0159. The van der Waals surface area contributed by atoms with Crippen molar-refractivity contribution in [3.63, 3.8) is 0 Å². The predicted octanol–water partition coefficient (Wildman–Crippen LogP) is 5.27. The number of amides is 2. The fraction of sp³-hybridized carbons (Fsp3) is 0.333. The number of halogens is 1. The molecule has 1 atom stereocenters. The molecule has 0 fully saturated rings. The standard InChI is InChI=1S/C30H36ClN3O5S/c1-4-6-20-32-30(36)23(3)33(21-24-12-14-25(31)15-13-24)29(35)22-34(26-10-8-7-9-11-26)40(37,38)28-18-16-27(17-19-28)39-5-2/h7-19,23H,4-6,20-22H2,1-3H3,(H,32,36)/t23-/m0/s1. The van der Waals surface area contributed by atoms with E-state index in [1.807, 2.05) is 13.8 Å². The first-order valence-corrected chi connectivity index (χ1v) is 15.1. The van der Waals surface area contributed by atoms with E-state index in [9.17, 15) is 18.0 Å². The lowest BCUT2D eigenvalue weighted by atomic mass is 10.1. The van der Waals surface area contributed by atoms with Crippen LogP contribution in [0.25, 0.3) is 0 Å². The normalized spacial score (nSPS) is 11.9. The summed E-state index contributed by atoms with van der Waals surface area (Å²) in [5.41, 5.74) is 1.09. The molecule has 0 saturated heterocycles. The maximum Gasteiger partial charge on any atom is 0.264 e. The Bertz CT molecular complexity index is 1350. The smallest absolute Gasteiger partial charge is 0.264 e. The summed E-state index contributed by atoms with van der Waals surface area (Å²) in [6.45, 7) is 6.05. The molecule has 3 aromatic carbocycles. The Kier molecular flexibility index (Phi) is 11.4. The summed E-state index contributed by atoms with van der Waals surface area (Å²) in [5, 5.41) is 3.42. The van der Waals surface area contributed by atoms with Gasteiger partial charge in [0.25, 0.3) is 10.0 Å². The number of carbonyl (C=O) groups is 2. The number of nitrogens with one attached hydrogen (secondary N) is 1. The van der Waals surface area contributed by atoms with E-state index in [0.717, 1.165) is 22.7 Å². The van der Waals surface area contributed by atoms with Crippen molar-refractivity contribution < 1.29 is 22.7 Å². The lowest BCUT2D eigenvalue weighted by Crippen LogP contribution is -2.51. The number of benzene rings is 3. The van der Waals surface area contributed by atoms with Crippen molar-refractivity contribution >= 4 is 39.1 Å². The Morgan fingerprint density at radius 3 is 2.20 bits per heavy atom. The molecule has 0 aliphatic carbocycles. The lowest BCUT2D eigenvalue weighted by Gasteiger charge is -2.32. The third-order valence-corrected chi connectivity index (χ3v) is 8.35. The van der Waals surface area contributed by atoms with Gasteiger partial charge < -0.3 is 15.0 Å². The second-order valence-electron chi connectivity index (χ2n) is 9.22. The van der Waals surface area contributed by atoms with Crippen LogP contribution in [-0.2, 0) is 26.2 Å². The van der Waals surface area contributed by atoms with Gasteiger partial charge in [-0.1, -0.05) is 55.3 Å². The first kappa shape index (κ1) is 31.0. The third-order valence-electron chi connectivity index (χ3n) is 6.31. The Balaban J connectivity index is 1.96. The number of carbonyl (C=O) groups excluding carboxylic acids is 2. The average molecular weight is 586 g/mol. The highest BCUT2D eigenvalue weighted by molar-refractivity contribution is 7.92. The molecule has 2 amide bonds. The molecule has 1 N–H and O–H groups in total. The molecule has 8 nitrogen and oxygen atoms in total. The van der Waals surface area contributed by atoms with Crippen LogP contribution in [0.1, 0.15) is 39.2 Å². The molecular weight excluding hydrogens is 550 g/mol. The zero-order valence-electron chi connectivity index (χ0n) is 23.0. The van der Waals surface area contributed by atoms with E-state index in [1.54, 1.807) is 73.7 Å². The predicted molar refractivity (Wildman–Crippen MR) is 158 cm³/mol. The Morgan fingerprint density at radius 2 is 1.60 bits per heavy atom. The minimum Gasteiger partial charge on any atom is -0.494 e. The molecule has 40 heavy (non-hydrogen) atoms. The number of sulfonamides is 1. The number of nitrogens with zero attached hydrogens (tertiary/aromatic N) is 2. The molecule has 0 unspecified atom stereocenters. The van der Waals surface area contributed by atoms with Crippen LogP contribution in [0.15, 0.2) is 83.8 Å². The molecule has 0 aliphatic heterocycles. The molecule has 0 aromatic heterocycles. The van der Waals surface area contributed by atoms with E-state index >= 15 is 0 Å². The molecule has 0 bridgehead atoms. The molecular formula is C30H36ClN3O5S. The number of hydrogen-bond acceptors (Lipinski definition) is 5. The van der Waals surface area contributed by atoms with Gasteiger partial charge in [0, 0.05) is 18.1 Å². The van der Waals surface area contributed by atoms with Crippen LogP contribution >= 0.6 is 11.6 Å². The third kappa shape index (κ3) is 8.22. The molecule has 214 valence electrons. The Hall–Kier alpha value is -3.56. The molecule has 0 saturated carbocycles. The number of hydrogen-bond donors (Lipinski definition) is 1. The van der Waals surface area contributed by atoms with Crippen molar-refractivity contribution in [3.8, 4) is 5.75 Å². The number of unbranched alkanes of at least 4 members (excludes halogenated alkanes) is 1. The average Bonchev–Trinajstić information content (AvgIpc) is 2.96. The van der Waals surface area contributed by atoms with Crippen molar-refractivity contribution in [1.29, 1.82) is 0 Å². The van der Waals surface area contributed by atoms with Gasteiger partial charge in [0.05, 0.1) is 17.2 Å². The van der Waals surface area contributed by atoms with E-state index in [0.29, 0.717) is 29.6 Å². The van der Waals surface area contributed by atoms with Crippen LogP contribution in [0.3, 0.4) is 0 Å². The summed E-state index contributed by atoms with van der Waals surface area (Å²) < 4.78 is 34.2. The Labute approximate surface area is 241 Å². The van der Waals surface area contributed by atoms with E-state index < -0.39 is 28.5 Å². The van der Waals surface area contributed by atoms with Crippen molar-refractivity contribution in [3.05, 3.63) is 89.4 Å². The highest BCUT2D eigenvalue weighted by Crippen LogP contribution is 2.26. The summed E-state index contributed by atoms with van der Waals surface area (Å²) in [6.07, 6.45) is 1.73. The van der Waals surface area contributed by atoms with Gasteiger partial charge >= 0.3 is 0 Å². The topological polar surface area (TPSA) is 96.0 Å². The van der Waals surface area contributed by atoms with Crippen LogP contribution < -0.4 is 14.4 Å². The number of para-hydroxylation sites is 1. The van der Waals surface area contributed by atoms with Crippen LogP contribution in [0, 0.1) is 0 Å². The fourth-order valence-electron chi connectivity index (χ4n) is 4.03. The highest BCUT2D eigenvalue weighted by atomic mass is 35.5. The van der Waals surface area contributed by atoms with E-state index in [-0.39, 0.29) is 17.3 Å². The Morgan fingerprint density at radius 1 is 0.950 bits per heavy atom. The van der Waals surface area contributed by atoms with Gasteiger partial charge in [0.1, 0.15) is 18.3 Å². The summed E-state index contributed by atoms with van der Waals surface area (Å²) in [6, 6.07) is 20.6. The second kappa shape index (κ2) is 14.7. The van der Waals surface area contributed by atoms with Crippen LogP contribution in [0.4, 0.5) is 5.69 Å². The van der Waals surface area contributed by atoms with E-state index in [2.05, 4.69) is 5.32 Å². The van der Waals surface area contributed by atoms with Crippen molar-refractivity contribution in [2.75, 3.05) is 24.0 Å². The van der Waals surface area contributed by atoms with Gasteiger partial charge in [-0.3, -0.25) is 13.9 Å². The summed E-state index contributed by atoms with van der Waals surface area (Å²) >= 11 is 6.04. The summed E-state index contributed by atoms with van der Waals surface area (Å²) in [7, 11) is -4.14. The minimum atomic E-state index is -4.14. The maximum atomic E-state index is 13.9. The number of ether oxygens (including phenoxy) is 1. The lowest BCUT2D eigenvalue weighted by molar-refractivity contribution is -0.139. The van der Waals surface area contributed by atoms with Gasteiger partial charge in [-0.15, -0.1) is 0 Å². The summed E-state index contributed by atoms with van der Waals surface area (Å²) in [5.74, 6) is -0.288. The molecule has 0 aliphatic rings. The number of anilines is 1. The maximum absolute atomic E-state index is 13.9. The monoisotopic (exact) mass is 585 g/mol. The van der Waals surface area contributed by atoms with Gasteiger partial charge in [-0.25, -0.2) is 8.42 Å². The molecule has 0 spiro atoms. The van der Waals surface area contributed by atoms with Gasteiger partial charge in [0.2, 0.25) is 11.8 Å². The largest absolute Gasteiger partial charge is 0.494 e. The van der Waals surface area contributed by atoms with Crippen molar-refractivity contribution in [2.45, 2.75) is 51.1 Å². The fourth-order valence-corrected chi connectivity index (χ4v) is 5.57. The zero-order valence-corrected chi connectivity index (χ0v) is 24.6. The second-order valence-corrected chi connectivity index (χ2v) is 11.5. The van der Waals surface area contributed by atoms with Gasteiger partial charge in [-0.2, -0.15) is 0 Å². The summed E-state index contributed by atoms with van der Waals surface area (Å²) in [4.78, 5) is 28.3. The van der Waals surface area contributed by atoms with Crippen molar-refractivity contribution in [1.82, 2.24) is 10.2 Å². The number of rotatable bonds is 14. The van der Waals surface area contributed by atoms with Crippen LogP contribution in [0.2, 0.25) is 5.02 Å². The first-order valence-electron chi connectivity index (χ1n) is 13.3. The molecule has 0 radical (unpaired) electrons. The van der Waals surface area contributed by atoms with E-state index in [1.165, 1.54) is 17.0 Å². The molecule has 3 aromatic rings. The first-order chi connectivity index (χ1) is 19.2. The molecule has 10 heteroatoms. The van der Waals surface area contributed by atoms with Gasteiger partial charge in [-0.05, 0) is 74.4 Å². The molecule has 3 rings (SSSR count). The highest BCUT2D eigenvalue weighted by Gasteiger charge is 2.32. The zero-order chi connectivity index (χ0) is 29.1. The van der Waals surface area contributed by atoms with Crippen LogP contribution in [-0.4, -0.2) is 50.9 Å².